The number of carbonyl (C=O) groups excluding carboxylic acids is 1. The number of ether oxygens (including phenoxy) is 4. The van der Waals surface area contributed by atoms with E-state index >= 15 is 0 Å². The van der Waals surface area contributed by atoms with Crippen LogP contribution in [0.2, 0.25) is 5.02 Å². The van der Waals surface area contributed by atoms with Gasteiger partial charge in [0, 0.05) is 45.7 Å². The van der Waals surface area contributed by atoms with Crippen LogP contribution in [0.5, 0.6) is 5.75 Å². The van der Waals surface area contributed by atoms with Gasteiger partial charge in [0.05, 0.1) is 36.0 Å². The molecule has 1 saturated heterocycles. The Morgan fingerprint density at radius 2 is 2.03 bits per heavy atom. The summed E-state index contributed by atoms with van der Waals surface area (Å²) in [7, 11) is 1.56. The minimum atomic E-state index is -4.61. The minimum absolute atomic E-state index is 0.0285. The fraction of sp³-hybridized carbons (Fsp3) is 0.667. The highest BCUT2D eigenvalue weighted by Gasteiger charge is 2.40. The summed E-state index contributed by atoms with van der Waals surface area (Å²) in [6, 6.07) is 3.73. The van der Waals surface area contributed by atoms with E-state index in [1.165, 1.54) is 12.1 Å². The molecular formula is C21H27ClF4N2O5. The van der Waals surface area contributed by atoms with E-state index in [0.717, 1.165) is 6.07 Å². The molecule has 0 radical (unpaired) electrons. The number of benzene rings is 1. The zero-order chi connectivity index (χ0) is 24.0. The lowest BCUT2D eigenvalue weighted by molar-refractivity contribution is -0.357. The SMILES string of the molecule is CO[C@H]1CN(CCO[C@H]2C[C@@H](OC(F)(F)F)C2)CC[C@H]1NC(=O)COc1ccc(Cl)c(F)c1. The number of halogens is 5. The predicted molar refractivity (Wildman–Crippen MR) is 111 cm³/mol. The van der Waals surface area contributed by atoms with Crippen LogP contribution in [-0.4, -0.2) is 81.5 Å². The zero-order valence-corrected chi connectivity index (χ0v) is 18.8. The zero-order valence-electron chi connectivity index (χ0n) is 18.1. The summed E-state index contributed by atoms with van der Waals surface area (Å²) in [6.07, 6.45) is -4.78. The van der Waals surface area contributed by atoms with Crippen molar-refractivity contribution in [3.63, 3.8) is 0 Å². The van der Waals surface area contributed by atoms with Gasteiger partial charge in [-0.1, -0.05) is 11.6 Å². The normalized spacial score (nSPS) is 26.0. The smallest absolute Gasteiger partial charge is 0.484 e. The average Bonchev–Trinajstić information content (AvgIpc) is 2.72. The summed E-state index contributed by atoms with van der Waals surface area (Å²) in [5.74, 6) is -0.778. The monoisotopic (exact) mass is 498 g/mol. The number of piperidine rings is 1. The van der Waals surface area contributed by atoms with Crippen LogP contribution >= 0.6 is 11.6 Å². The fourth-order valence-electron chi connectivity index (χ4n) is 3.84. The van der Waals surface area contributed by atoms with Gasteiger partial charge in [-0.25, -0.2) is 4.39 Å². The Bertz CT molecular complexity index is 794. The van der Waals surface area contributed by atoms with Crippen molar-refractivity contribution in [2.75, 3.05) is 40.0 Å². The first-order valence-corrected chi connectivity index (χ1v) is 11.0. The Morgan fingerprint density at radius 3 is 2.70 bits per heavy atom. The van der Waals surface area contributed by atoms with Gasteiger partial charge >= 0.3 is 6.36 Å². The molecule has 0 bridgehead atoms. The quantitative estimate of drug-likeness (QED) is 0.500. The van der Waals surface area contributed by atoms with Gasteiger partial charge in [0.1, 0.15) is 11.6 Å². The number of nitrogens with zero attached hydrogens (tertiary/aromatic N) is 1. The van der Waals surface area contributed by atoms with Crippen molar-refractivity contribution < 1.29 is 41.3 Å². The Hall–Kier alpha value is -1.66. The van der Waals surface area contributed by atoms with Crippen molar-refractivity contribution in [1.29, 1.82) is 0 Å². The minimum Gasteiger partial charge on any atom is -0.484 e. The number of hydrogen-bond donors (Lipinski definition) is 1. The van der Waals surface area contributed by atoms with E-state index in [-0.39, 0.29) is 54.4 Å². The summed E-state index contributed by atoms with van der Waals surface area (Å²) in [4.78, 5) is 14.4. The number of alkyl halides is 3. The number of nitrogens with one attached hydrogen (secondary N) is 1. The highest BCUT2D eigenvalue weighted by atomic mass is 35.5. The molecule has 2 aliphatic rings. The van der Waals surface area contributed by atoms with Crippen LogP contribution in [0.25, 0.3) is 0 Å². The van der Waals surface area contributed by atoms with Crippen LogP contribution in [0.1, 0.15) is 19.3 Å². The maximum Gasteiger partial charge on any atom is 0.522 e. The molecular weight excluding hydrogens is 472 g/mol. The van der Waals surface area contributed by atoms with Crippen molar-refractivity contribution in [3.8, 4) is 5.75 Å². The molecule has 1 saturated carbocycles. The molecule has 1 heterocycles. The average molecular weight is 499 g/mol. The predicted octanol–water partition coefficient (Wildman–Crippen LogP) is 3.15. The third-order valence-electron chi connectivity index (χ3n) is 5.67. The van der Waals surface area contributed by atoms with Crippen LogP contribution in [0, 0.1) is 5.82 Å². The van der Waals surface area contributed by atoms with Crippen molar-refractivity contribution in [2.24, 2.45) is 0 Å². The lowest BCUT2D eigenvalue weighted by Crippen LogP contribution is -2.56. The number of methoxy groups -OCH3 is 1. The lowest BCUT2D eigenvalue weighted by Gasteiger charge is -2.39. The van der Waals surface area contributed by atoms with Gasteiger partial charge in [0.15, 0.2) is 6.61 Å². The van der Waals surface area contributed by atoms with E-state index in [1.54, 1.807) is 7.11 Å². The van der Waals surface area contributed by atoms with Crippen LogP contribution in [0.15, 0.2) is 18.2 Å². The van der Waals surface area contributed by atoms with Crippen molar-refractivity contribution in [2.45, 2.75) is 50.0 Å². The number of rotatable bonds is 10. The molecule has 0 spiro atoms. The lowest BCUT2D eigenvalue weighted by atomic mass is 9.92. The highest BCUT2D eigenvalue weighted by molar-refractivity contribution is 6.30. The van der Waals surface area contributed by atoms with E-state index in [9.17, 15) is 22.4 Å². The molecule has 0 unspecified atom stereocenters. The number of carbonyl (C=O) groups is 1. The van der Waals surface area contributed by atoms with Crippen LogP contribution < -0.4 is 10.1 Å². The molecule has 33 heavy (non-hydrogen) atoms. The summed E-state index contributed by atoms with van der Waals surface area (Å²) in [5.41, 5.74) is 0. The van der Waals surface area contributed by atoms with E-state index in [0.29, 0.717) is 32.7 Å². The molecule has 12 heteroatoms. The van der Waals surface area contributed by atoms with Crippen molar-refractivity contribution in [1.82, 2.24) is 10.2 Å². The Morgan fingerprint density at radius 1 is 1.27 bits per heavy atom. The van der Waals surface area contributed by atoms with E-state index in [1.807, 2.05) is 0 Å². The molecule has 2 fully saturated rings. The van der Waals surface area contributed by atoms with Gasteiger partial charge in [-0.05, 0) is 18.6 Å². The molecule has 1 aromatic rings. The first kappa shape index (κ1) is 26.0. The van der Waals surface area contributed by atoms with Gasteiger partial charge < -0.3 is 19.5 Å². The number of likely N-dealkylation sites (tertiary alicyclic amines) is 1. The van der Waals surface area contributed by atoms with Gasteiger partial charge in [-0.15, -0.1) is 13.2 Å². The molecule has 186 valence electrons. The molecule has 1 aromatic carbocycles. The van der Waals surface area contributed by atoms with E-state index in [4.69, 9.17) is 25.8 Å². The third-order valence-corrected chi connectivity index (χ3v) is 5.97. The highest BCUT2D eigenvalue weighted by Crippen LogP contribution is 2.32. The maximum absolute atomic E-state index is 13.5. The number of hydrogen-bond acceptors (Lipinski definition) is 6. The Labute approximate surface area is 194 Å². The van der Waals surface area contributed by atoms with Crippen LogP contribution in [0.3, 0.4) is 0 Å². The first-order valence-electron chi connectivity index (χ1n) is 10.6. The van der Waals surface area contributed by atoms with Gasteiger partial charge in [0.25, 0.3) is 5.91 Å². The van der Waals surface area contributed by atoms with Crippen molar-refractivity contribution >= 4 is 17.5 Å². The van der Waals surface area contributed by atoms with E-state index in [2.05, 4.69) is 15.0 Å². The second kappa shape index (κ2) is 11.7. The second-order valence-electron chi connectivity index (χ2n) is 8.05. The van der Waals surface area contributed by atoms with Crippen LogP contribution in [-0.2, 0) is 19.0 Å². The summed E-state index contributed by atoms with van der Waals surface area (Å²) in [5, 5.41) is 2.85. The van der Waals surface area contributed by atoms with Gasteiger partial charge in [-0.2, -0.15) is 0 Å². The maximum atomic E-state index is 13.5. The summed E-state index contributed by atoms with van der Waals surface area (Å²) < 4.78 is 70.3. The molecule has 7 nitrogen and oxygen atoms in total. The Kier molecular flexibility index (Phi) is 9.17. The second-order valence-corrected chi connectivity index (χ2v) is 8.46. The van der Waals surface area contributed by atoms with E-state index < -0.39 is 18.3 Å². The standard InChI is InChI=1S/C21H27ClF4N2O5/c1-30-19-11-28(6-7-31-14-8-15(9-14)33-21(24,25)26)5-4-18(19)27-20(29)12-32-13-2-3-16(22)17(23)10-13/h2-3,10,14-15,18-19H,4-9,11-12H2,1H3,(H,27,29)/t14-,15+,18-,19+/m1/s1. The van der Waals surface area contributed by atoms with Crippen LogP contribution in [0.4, 0.5) is 17.6 Å². The Balaban J connectivity index is 1.32. The molecule has 2 atom stereocenters. The molecule has 1 N–H and O–H groups in total. The molecule has 1 amide bonds. The van der Waals surface area contributed by atoms with Gasteiger partial charge in [0.2, 0.25) is 0 Å². The largest absolute Gasteiger partial charge is 0.522 e. The molecule has 1 aliphatic heterocycles. The topological polar surface area (TPSA) is 69.3 Å². The molecule has 1 aliphatic carbocycles. The van der Waals surface area contributed by atoms with Gasteiger partial charge in [-0.3, -0.25) is 14.4 Å². The molecule has 0 aromatic heterocycles. The first-order chi connectivity index (χ1) is 15.6. The third kappa shape index (κ3) is 8.25. The summed E-state index contributed by atoms with van der Waals surface area (Å²) in [6.45, 7) is 1.99. The molecule has 3 rings (SSSR count). The fourth-order valence-corrected chi connectivity index (χ4v) is 3.96. The summed E-state index contributed by atoms with van der Waals surface area (Å²) >= 11 is 5.62. The number of amides is 1. The van der Waals surface area contributed by atoms with Crippen molar-refractivity contribution in [3.05, 3.63) is 29.0 Å².